The summed E-state index contributed by atoms with van der Waals surface area (Å²) in [6, 6.07) is 2.83. The van der Waals surface area contributed by atoms with E-state index in [9.17, 15) is 9.18 Å². The molecule has 3 N–H and O–H groups in total. The van der Waals surface area contributed by atoms with E-state index in [2.05, 4.69) is 0 Å². The van der Waals surface area contributed by atoms with Crippen molar-refractivity contribution in [2.45, 2.75) is 25.8 Å². The smallest absolute Gasteiger partial charge is 0.338 e. The van der Waals surface area contributed by atoms with Crippen LogP contribution in [0.4, 0.5) is 15.8 Å². The highest BCUT2D eigenvalue weighted by Crippen LogP contribution is 2.35. The number of hydrogen-bond donors (Lipinski definition) is 2. The zero-order valence-corrected chi connectivity index (χ0v) is 9.61. The highest BCUT2D eigenvalue weighted by molar-refractivity contribution is 5.91. The quantitative estimate of drug-likeness (QED) is 0.788. The van der Waals surface area contributed by atoms with Crippen molar-refractivity contribution in [3.05, 3.63) is 23.5 Å². The van der Waals surface area contributed by atoms with Crippen molar-refractivity contribution in [2.75, 3.05) is 17.2 Å². The van der Waals surface area contributed by atoms with Gasteiger partial charge in [0.05, 0.1) is 16.9 Å². The van der Waals surface area contributed by atoms with E-state index in [-0.39, 0.29) is 5.56 Å². The fourth-order valence-electron chi connectivity index (χ4n) is 2.00. The number of aromatic carboxylic acids is 1. The van der Waals surface area contributed by atoms with Crippen LogP contribution in [-0.2, 0) is 0 Å². The summed E-state index contributed by atoms with van der Waals surface area (Å²) in [5.41, 5.74) is 6.33. The second-order valence-electron chi connectivity index (χ2n) is 4.21. The third-order valence-corrected chi connectivity index (χ3v) is 2.98. The molecule has 0 heterocycles. The summed E-state index contributed by atoms with van der Waals surface area (Å²) in [5.74, 6) is -2.03. The van der Waals surface area contributed by atoms with E-state index in [1.807, 2.05) is 11.8 Å². The molecule has 0 saturated heterocycles. The molecular formula is C12H15FN2O2. The third kappa shape index (κ3) is 2.18. The van der Waals surface area contributed by atoms with Gasteiger partial charge in [-0.3, -0.25) is 0 Å². The number of nitrogens with two attached hydrogens (primary N) is 1. The number of rotatable bonds is 4. The molecule has 1 fully saturated rings. The van der Waals surface area contributed by atoms with E-state index in [0.717, 1.165) is 19.4 Å². The first kappa shape index (κ1) is 11.7. The number of benzene rings is 1. The number of nitrogen functional groups attached to an aromatic ring is 1. The van der Waals surface area contributed by atoms with Gasteiger partial charge < -0.3 is 15.7 Å². The Hall–Kier alpha value is -1.78. The molecule has 1 aliphatic rings. The Kier molecular flexibility index (Phi) is 2.92. The lowest BCUT2D eigenvalue weighted by molar-refractivity contribution is 0.0692. The summed E-state index contributed by atoms with van der Waals surface area (Å²) >= 11 is 0. The molecule has 0 atom stereocenters. The average molecular weight is 238 g/mol. The number of halogens is 1. The molecule has 2 rings (SSSR count). The summed E-state index contributed by atoms with van der Waals surface area (Å²) in [4.78, 5) is 12.8. The van der Waals surface area contributed by atoms with E-state index in [1.54, 1.807) is 0 Å². The van der Waals surface area contributed by atoms with Crippen LogP contribution in [0.1, 0.15) is 30.1 Å². The highest BCUT2D eigenvalue weighted by atomic mass is 19.1. The van der Waals surface area contributed by atoms with E-state index < -0.39 is 11.8 Å². The molecule has 1 aromatic carbocycles. The minimum atomic E-state index is -1.30. The van der Waals surface area contributed by atoms with Crippen LogP contribution in [0.5, 0.6) is 0 Å². The predicted octanol–water partition coefficient (Wildman–Crippen LogP) is 2.09. The van der Waals surface area contributed by atoms with E-state index in [1.165, 1.54) is 12.1 Å². The maximum Gasteiger partial charge on any atom is 0.338 e. The van der Waals surface area contributed by atoms with Crippen molar-refractivity contribution in [3.63, 3.8) is 0 Å². The molecule has 17 heavy (non-hydrogen) atoms. The summed E-state index contributed by atoms with van der Waals surface area (Å²) in [7, 11) is 0. The van der Waals surface area contributed by atoms with Crippen molar-refractivity contribution in [1.82, 2.24) is 0 Å². The van der Waals surface area contributed by atoms with Crippen molar-refractivity contribution in [1.29, 1.82) is 0 Å². The van der Waals surface area contributed by atoms with Crippen LogP contribution in [0.3, 0.4) is 0 Å². The van der Waals surface area contributed by atoms with E-state index in [0.29, 0.717) is 17.4 Å². The fourth-order valence-corrected chi connectivity index (χ4v) is 2.00. The standard InChI is InChI=1S/C12H15FN2O2/c1-2-15(7-3-4-7)11-6-9(13)8(12(16)17)5-10(11)14/h5-7H,2-4,14H2,1H3,(H,16,17). The second kappa shape index (κ2) is 4.24. The Balaban J connectivity index is 2.41. The number of nitrogens with zero attached hydrogens (tertiary/aromatic N) is 1. The summed E-state index contributed by atoms with van der Waals surface area (Å²) in [5, 5.41) is 8.79. The van der Waals surface area contributed by atoms with Gasteiger partial charge in [0.15, 0.2) is 0 Å². The van der Waals surface area contributed by atoms with Crippen LogP contribution in [0.2, 0.25) is 0 Å². The van der Waals surface area contributed by atoms with Crippen molar-refractivity contribution < 1.29 is 14.3 Å². The molecule has 1 saturated carbocycles. The molecule has 0 aromatic heterocycles. The second-order valence-corrected chi connectivity index (χ2v) is 4.21. The molecule has 0 spiro atoms. The van der Waals surface area contributed by atoms with Crippen LogP contribution < -0.4 is 10.6 Å². The lowest BCUT2D eigenvalue weighted by atomic mass is 10.1. The van der Waals surface area contributed by atoms with Crippen LogP contribution >= 0.6 is 0 Å². The number of carbonyl (C=O) groups is 1. The molecule has 0 aliphatic heterocycles. The molecule has 0 radical (unpaired) electrons. The van der Waals surface area contributed by atoms with Crippen LogP contribution in [0.15, 0.2) is 12.1 Å². The van der Waals surface area contributed by atoms with Gasteiger partial charge in [-0.1, -0.05) is 0 Å². The van der Waals surface area contributed by atoms with Crippen LogP contribution in [0, 0.1) is 5.82 Å². The number of anilines is 2. The number of carboxylic acids is 1. The Labute approximate surface area is 98.8 Å². The van der Waals surface area contributed by atoms with Gasteiger partial charge in [0.1, 0.15) is 5.82 Å². The average Bonchev–Trinajstić information content (AvgIpc) is 3.07. The minimum Gasteiger partial charge on any atom is -0.478 e. The Bertz CT molecular complexity index is 458. The predicted molar refractivity (Wildman–Crippen MR) is 63.8 cm³/mol. The Morgan fingerprint density at radius 3 is 2.71 bits per heavy atom. The first-order chi connectivity index (χ1) is 8.04. The third-order valence-electron chi connectivity index (χ3n) is 2.98. The minimum absolute atomic E-state index is 0.317. The largest absolute Gasteiger partial charge is 0.478 e. The molecule has 4 nitrogen and oxygen atoms in total. The monoisotopic (exact) mass is 238 g/mol. The van der Waals surface area contributed by atoms with Gasteiger partial charge in [-0.05, 0) is 25.8 Å². The molecule has 5 heteroatoms. The molecule has 0 bridgehead atoms. The number of carboxylic acid groups (broad SMARTS) is 1. The first-order valence-electron chi connectivity index (χ1n) is 5.63. The summed E-state index contributed by atoms with van der Waals surface area (Å²) in [6.45, 7) is 2.71. The summed E-state index contributed by atoms with van der Waals surface area (Å²) < 4.78 is 13.6. The SMILES string of the molecule is CCN(c1cc(F)c(C(=O)O)cc1N)C1CC1. The molecular weight excluding hydrogens is 223 g/mol. The van der Waals surface area contributed by atoms with Gasteiger partial charge in [-0.2, -0.15) is 0 Å². The summed E-state index contributed by atoms with van der Waals surface area (Å²) in [6.07, 6.45) is 2.16. The highest BCUT2D eigenvalue weighted by Gasteiger charge is 2.30. The molecule has 1 aromatic rings. The maximum absolute atomic E-state index is 13.6. The van der Waals surface area contributed by atoms with Gasteiger partial charge >= 0.3 is 5.97 Å². The zero-order valence-electron chi connectivity index (χ0n) is 9.61. The van der Waals surface area contributed by atoms with Crippen LogP contribution in [0.25, 0.3) is 0 Å². The fraction of sp³-hybridized carbons (Fsp3) is 0.417. The lowest BCUT2D eigenvalue weighted by Crippen LogP contribution is -2.26. The van der Waals surface area contributed by atoms with Gasteiger partial charge in [0.2, 0.25) is 0 Å². The van der Waals surface area contributed by atoms with Gasteiger partial charge in [0.25, 0.3) is 0 Å². The normalized spacial score (nSPS) is 14.7. The van der Waals surface area contributed by atoms with Gasteiger partial charge in [-0.15, -0.1) is 0 Å². The van der Waals surface area contributed by atoms with Crippen molar-refractivity contribution in [3.8, 4) is 0 Å². The van der Waals surface area contributed by atoms with Crippen molar-refractivity contribution >= 4 is 17.3 Å². The first-order valence-corrected chi connectivity index (χ1v) is 5.63. The van der Waals surface area contributed by atoms with Crippen LogP contribution in [-0.4, -0.2) is 23.7 Å². The van der Waals surface area contributed by atoms with Gasteiger partial charge in [0, 0.05) is 18.7 Å². The Morgan fingerprint density at radius 1 is 1.59 bits per heavy atom. The maximum atomic E-state index is 13.6. The zero-order chi connectivity index (χ0) is 12.6. The number of hydrogen-bond acceptors (Lipinski definition) is 3. The molecule has 0 amide bonds. The molecule has 0 unspecified atom stereocenters. The van der Waals surface area contributed by atoms with Crippen molar-refractivity contribution in [2.24, 2.45) is 0 Å². The lowest BCUT2D eigenvalue weighted by Gasteiger charge is -2.24. The van der Waals surface area contributed by atoms with Gasteiger partial charge in [-0.25, -0.2) is 9.18 Å². The topological polar surface area (TPSA) is 66.6 Å². The van der Waals surface area contributed by atoms with E-state index in [4.69, 9.17) is 10.8 Å². The molecule has 92 valence electrons. The Morgan fingerprint density at radius 2 is 2.24 bits per heavy atom. The molecule has 1 aliphatic carbocycles. The van der Waals surface area contributed by atoms with E-state index >= 15 is 0 Å².